The summed E-state index contributed by atoms with van der Waals surface area (Å²) in [5.41, 5.74) is 0. The smallest absolute Gasteiger partial charge is 0.315 e. The van der Waals surface area contributed by atoms with Crippen molar-refractivity contribution in [2.24, 2.45) is 0 Å². The van der Waals surface area contributed by atoms with E-state index in [4.69, 9.17) is 5.11 Å². The van der Waals surface area contributed by atoms with Crippen LogP contribution in [0.3, 0.4) is 0 Å². The van der Waals surface area contributed by atoms with Crippen LogP contribution in [0.5, 0.6) is 0 Å². The molecule has 0 atom stereocenters. The molecule has 0 fully saturated rings. The highest BCUT2D eigenvalue weighted by atomic mass is 16.4. The van der Waals surface area contributed by atoms with Gasteiger partial charge in [-0.1, -0.05) is 12.8 Å². The zero-order valence-electron chi connectivity index (χ0n) is 10.7. The van der Waals surface area contributed by atoms with Gasteiger partial charge in [0, 0.05) is 13.0 Å². The molecule has 0 aliphatic rings. The van der Waals surface area contributed by atoms with E-state index >= 15 is 0 Å². The number of carboxylic acid groups (broad SMARTS) is 1. The summed E-state index contributed by atoms with van der Waals surface area (Å²) in [4.78, 5) is 25.5. The van der Waals surface area contributed by atoms with Gasteiger partial charge in [-0.2, -0.15) is 5.10 Å². The minimum absolute atomic E-state index is 0.213. The number of hydrogen-bond donors (Lipinski definition) is 4. The molecule has 8 nitrogen and oxygen atoms in total. The molecule has 0 unspecified atom stereocenters. The SMILES string of the molecule is O=C(O)CCCCCCNC(=O)NCc1ncn[nH]1. The molecule has 1 rings (SSSR count). The fourth-order valence-electron chi connectivity index (χ4n) is 1.50. The molecule has 1 aromatic rings. The monoisotopic (exact) mass is 269 g/mol. The fraction of sp³-hybridized carbons (Fsp3) is 0.636. The molecule has 0 aromatic carbocycles. The van der Waals surface area contributed by atoms with Gasteiger partial charge >= 0.3 is 12.0 Å². The Labute approximate surface area is 111 Å². The molecule has 0 aliphatic carbocycles. The molecule has 2 amide bonds. The van der Waals surface area contributed by atoms with Gasteiger partial charge in [-0.25, -0.2) is 9.78 Å². The number of hydrogen-bond acceptors (Lipinski definition) is 4. The molecule has 1 heterocycles. The van der Waals surface area contributed by atoms with Gasteiger partial charge < -0.3 is 15.7 Å². The Morgan fingerprint density at radius 1 is 1.21 bits per heavy atom. The van der Waals surface area contributed by atoms with Gasteiger partial charge in [0.15, 0.2) is 0 Å². The maximum absolute atomic E-state index is 11.4. The van der Waals surface area contributed by atoms with Crippen molar-refractivity contribution in [1.82, 2.24) is 25.8 Å². The molecule has 1 aromatic heterocycles. The van der Waals surface area contributed by atoms with E-state index in [9.17, 15) is 9.59 Å². The molecule has 4 N–H and O–H groups in total. The number of nitrogens with zero attached hydrogens (tertiary/aromatic N) is 2. The highest BCUT2D eigenvalue weighted by molar-refractivity contribution is 5.73. The Morgan fingerprint density at radius 3 is 2.68 bits per heavy atom. The van der Waals surface area contributed by atoms with E-state index < -0.39 is 5.97 Å². The quantitative estimate of drug-likeness (QED) is 0.490. The van der Waals surface area contributed by atoms with Gasteiger partial charge in [0.25, 0.3) is 0 Å². The number of rotatable bonds is 9. The number of unbranched alkanes of at least 4 members (excludes halogenated alkanes) is 3. The van der Waals surface area contributed by atoms with Crippen molar-refractivity contribution in [3.05, 3.63) is 12.2 Å². The summed E-state index contributed by atoms with van der Waals surface area (Å²) in [6.07, 6.45) is 4.91. The Kier molecular flexibility index (Phi) is 7.00. The van der Waals surface area contributed by atoms with E-state index in [1.165, 1.54) is 6.33 Å². The second kappa shape index (κ2) is 8.90. The van der Waals surface area contributed by atoms with E-state index in [1.807, 2.05) is 0 Å². The van der Waals surface area contributed by atoms with Gasteiger partial charge in [-0.05, 0) is 12.8 Å². The molecule has 0 aliphatic heterocycles. The van der Waals surface area contributed by atoms with Crippen molar-refractivity contribution in [2.75, 3.05) is 6.54 Å². The molecule has 0 bridgehead atoms. The lowest BCUT2D eigenvalue weighted by atomic mass is 10.1. The maximum Gasteiger partial charge on any atom is 0.315 e. The molecule has 0 radical (unpaired) electrons. The first kappa shape index (κ1) is 14.9. The summed E-state index contributed by atoms with van der Waals surface area (Å²) in [7, 11) is 0. The molecule has 19 heavy (non-hydrogen) atoms. The van der Waals surface area contributed by atoms with Crippen LogP contribution in [0.4, 0.5) is 4.79 Å². The average Bonchev–Trinajstić information content (AvgIpc) is 2.88. The number of carbonyl (C=O) groups excluding carboxylic acids is 1. The molecular formula is C11H19N5O3. The summed E-state index contributed by atoms with van der Waals surface area (Å²) in [5.74, 6) is -0.159. The molecular weight excluding hydrogens is 250 g/mol. The van der Waals surface area contributed by atoms with Gasteiger partial charge in [0.1, 0.15) is 12.2 Å². The fourth-order valence-corrected chi connectivity index (χ4v) is 1.50. The first-order chi connectivity index (χ1) is 9.18. The largest absolute Gasteiger partial charge is 0.481 e. The van der Waals surface area contributed by atoms with E-state index in [0.717, 1.165) is 19.3 Å². The Balaban J connectivity index is 1.91. The van der Waals surface area contributed by atoms with Crippen LogP contribution >= 0.6 is 0 Å². The topological polar surface area (TPSA) is 120 Å². The number of carboxylic acids is 1. The van der Waals surface area contributed by atoms with Gasteiger partial charge in [0.2, 0.25) is 0 Å². The van der Waals surface area contributed by atoms with Crippen LogP contribution in [-0.2, 0) is 11.3 Å². The molecule has 0 spiro atoms. The number of amides is 2. The number of nitrogens with one attached hydrogen (secondary N) is 3. The predicted octanol–water partition coefficient (Wildman–Crippen LogP) is 0.639. The minimum atomic E-state index is -0.759. The van der Waals surface area contributed by atoms with E-state index in [-0.39, 0.29) is 12.5 Å². The lowest BCUT2D eigenvalue weighted by Crippen LogP contribution is -2.35. The number of aromatic nitrogens is 3. The van der Waals surface area contributed by atoms with Crippen molar-refractivity contribution in [1.29, 1.82) is 0 Å². The Bertz CT molecular complexity index is 380. The van der Waals surface area contributed by atoms with Gasteiger partial charge in [-0.3, -0.25) is 9.89 Å². The van der Waals surface area contributed by atoms with Crippen LogP contribution in [0.1, 0.15) is 37.9 Å². The summed E-state index contributed by atoms with van der Waals surface area (Å²) >= 11 is 0. The number of urea groups is 1. The van der Waals surface area contributed by atoms with E-state index in [1.54, 1.807) is 0 Å². The summed E-state index contributed by atoms with van der Waals surface area (Å²) in [6.45, 7) is 0.889. The number of aliphatic carboxylic acids is 1. The number of H-pyrrole nitrogens is 1. The van der Waals surface area contributed by atoms with Crippen LogP contribution in [0.2, 0.25) is 0 Å². The zero-order chi connectivity index (χ0) is 13.9. The molecule has 0 saturated carbocycles. The normalized spacial score (nSPS) is 10.1. The molecule has 106 valence electrons. The Morgan fingerprint density at radius 2 is 2.00 bits per heavy atom. The van der Waals surface area contributed by atoms with Crippen molar-refractivity contribution >= 4 is 12.0 Å². The first-order valence-electron chi connectivity index (χ1n) is 6.26. The highest BCUT2D eigenvalue weighted by Gasteiger charge is 2.01. The summed E-state index contributed by atoms with van der Waals surface area (Å²) in [6, 6.07) is -0.248. The minimum Gasteiger partial charge on any atom is -0.481 e. The second-order valence-corrected chi connectivity index (χ2v) is 4.10. The lowest BCUT2D eigenvalue weighted by molar-refractivity contribution is -0.137. The zero-order valence-corrected chi connectivity index (χ0v) is 10.7. The Hall–Kier alpha value is -2.12. The van der Waals surface area contributed by atoms with Crippen molar-refractivity contribution in [3.8, 4) is 0 Å². The van der Waals surface area contributed by atoms with Crippen molar-refractivity contribution in [3.63, 3.8) is 0 Å². The molecule has 0 saturated heterocycles. The lowest BCUT2D eigenvalue weighted by Gasteiger charge is -2.06. The van der Waals surface area contributed by atoms with E-state index in [2.05, 4.69) is 25.8 Å². The second-order valence-electron chi connectivity index (χ2n) is 4.10. The van der Waals surface area contributed by atoms with Crippen molar-refractivity contribution < 1.29 is 14.7 Å². The highest BCUT2D eigenvalue weighted by Crippen LogP contribution is 2.01. The van der Waals surface area contributed by atoms with Crippen LogP contribution in [0.25, 0.3) is 0 Å². The third-order valence-electron chi connectivity index (χ3n) is 2.48. The van der Waals surface area contributed by atoms with Gasteiger partial charge in [0.05, 0.1) is 6.54 Å². The average molecular weight is 269 g/mol. The third-order valence-corrected chi connectivity index (χ3v) is 2.48. The van der Waals surface area contributed by atoms with Gasteiger partial charge in [-0.15, -0.1) is 0 Å². The number of carbonyl (C=O) groups is 2. The summed E-state index contributed by atoms with van der Waals surface area (Å²) < 4.78 is 0. The predicted molar refractivity (Wildman–Crippen MR) is 67.3 cm³/mol. The van der Waals surface area contributed by atoms with Crippen LogP contribution in [0.15, 0.2) is 6.33 Å². The van der Waals surface area contributed by atoms with Crippen LogP contribution < -0.4 is 10.6 Å². The summed E-state index contributed by atoms with van der Waals surface area (Å²) in [5, 5.41) is 20.1. The van der Waals surface area contributed by atoms with Crippen LogP contribution in [0, 0.1) is 0 Å². The third kappa shape index (κ3) is 7.74. The number of aromatic amines is 1. The molecule has 8 heteroatoms. The standard InChI is InChI=1S/C11H19N5O3/c17-10(18)5-3-1-2-4-6-12-11(19)13-7-9-14-8-15-16-9/h8H,1-7H2,(H,17,18)(H2,12,13,19)(H,14,15,16). The van der Waals surface area contributed by atoms with E-state index in [0.29, 0.717) is 25.3 Å². The maximum atomic E-state index is 11.4. The first-order valence-corrected chi connectivity index (χ1v) is 6.26. The van der Waals surface area contributed by atoms with Crippen molar-refractivity contribution in [2.45, 2.75) is 38.6 Å². The van der Waals surface area contributed by atoms with Crippen LogP contribution in [-0.4, -0.2) is 38.8 Å².